The van der Waals surface area contributed by atoms with Crippen molar-refractivity contribution < 1.29 is 18.7 Å². The van der Waals surface area contributed by atoms with Crippen molar-refractivity contribution in [1.82, 2.24) is 10.2 Å². The number of nitrogens with one attached hydrogen (secondary N) is 1. The van der Waals surface area contributed by atoms with Gasteiger partial charge in [0.25, 0.3) is 11.8 Å². The van der Waals surface area contributed by atoms with Crippen LogP contribution in [-0.4, -0.2) is 36.4 Å². The molecule has 6 heteroatoms. The molecule has 3 rings (SSSR count). The smallest absolute Gasteiger partial charge is 0.260 e. The summed E-state index contributed by atoms with van der Waals surface area (Å²) in [5, 5.41) is 2.80. The summed E-state index contributed by atoms with van der Waals surface area (Å²) < 4.78 is 18.7. The van der Waals surface area contributed by atoms with E-state index in [0.29, 0.717) is 11.3 Å². The van der Waals surface area contributed by atoms with E-state index < -0.39 is 0 Å². The van der Waals surface area contributed by atoms with Gasteiger partial charge in [0.05, 0.1) is 5.56 Å². The molecular weight excluding hydrogens is 359 g/mol. The molecule has 0 aromatic heterocycles. The van der Waals surface area contributed by atoms with Gasteiger partial charge in [-0.25, -0.2) is 4.39 Å². The summed E-state index contributed by atoms with van der Waals surface area (Å²) in [4.78, 5) is 26.8. The molecule has 0 aliphatic carbocycles. The molecule has 28 heavy (non-hydrogen) atoms. The number of carbonyl (C=O) groups excluding carboxylic acids is 2. The van der Waals surface area contributed by atoms with Crippen LogP contribution >= 0.6 is 0 Å². The number of likely N-dealkylation sites (tertiary alicyclic amines) is 1. The Balaban J connectivity index is 1.57. The predicted octanol–water partition coefficient (Wildman–Crippen LogP) is 3.54. The van der Waals surface area contributed by atoms with Crippen LogP contribution in [0.3, 0.4) is 0 Å². The molecule has 1 heterocycles. The molecule has 1 N–H and O–H groups in total. The van der Waals surface area contributed by atoms with Gasteiger partial charge in [-0.1, -0.05) is 37.1 Å². The van der Waals surface area contributed by atoms with Gasteiger partial charge in [-0.15, -0.1) is 0 Å². The second-order valence-corrected chi connectivity index (χ2v) is 6.89. The predicted molar refractivity (Wildman–Crippen MR) is 105 cm³/mol. The molecule has 0 bridgehead atoms. The van der Waals surface area contributed by atoms with E-state index in [-0.39, 0.29) is 30.8 Å². The van der Waals surface area contributed by atoms with Crippen molar-refractivity contribution in [3.63, 3.8) is 0 Å². The van der Waals surface area contributed by atoms with Crippen molar-refractivity contribution in [2.75, 3.05) is 19.7 Å². The second kappa shape index (κ2) is 9.88. The number of rotatable bonds is 6. The average Bonchev–Trinajstić information content (AvgIpc) is 3.01. The molecule has 0 spiro atoms. The summed E-state index contributed by atoms with van der Waals surface area (Å²) in [5.41, 5.74) is 1.16. The van der Waals surface area contributed by atoms with Crippen LogP contribution in [-0.2, 0) is 11.3 Å². The van der Waals surface area contributed by atoms with E-state index in [1.165, 1.54) is 12.1 Å². The zero-order valence-electron chi connectivity index (χ0n) is 15.8. The standard InChI is InChI=1S/C22H25FN2O3/c23-18-11-9-17(10-12-18)15-24-22(27)19-7-3-4-8-20(19)28-16-21(26)25-13-5-1-2-6-14-25/h3-4,7-12H,1-2,5-6,13-16H2,(H,24,27). The molecule has 2 amide bonds. The highest BCUT2D eigenvalue weighted by Gasteiger charge is 2.18. The zero-order chi connectivity index (χ0) is 19.8. The number of carbonyl (C=O) groups is 2. The van der Waals surface area contributed by atoms with Crippen LogP contribution in [0.1, 0.15) is 41.6 Å². The van der Waals surface area contributed by atoms with Crippen LogP contribution in [0.25, 0.3) is 0 Å². The van der Waals surface area contributed by atoms with Gasteiger partial charge in [0.2, 0.25) is 0 Å². The normalized spacial score (nSPS) is 14.2. The minimum Gasteiger partial charge on any atom is -0.483 e. The Morgan fingerprint density at radius 3 is 2.36 bits per heavy atom. The van der Waals surface area contributed by atoms with Gasteiger partial charge >= 0.3 is 0 Å². The fourth-order valence-corrected chi connectivity index (χ4v) is 3.21. The summed E-state index contributed by atoms with van der Waals surface area (Å²) in [6, 6.07) is 12.8. The van der Waals surface area contributed by atoms with Crippen LogP contribution in [0.2, 0.25) is 0 Å². The van der Waals surface area contributed by atoms with Crippen molar-refractivity contribution in [1.29, 1.82) is 0 Å². The van der Waals surface area contributed by atoms with E-state index in [4.69, 9.17) is 4.74 Å². The summed E-state index contributed by atoms with van der Waals surface area (Å²) in [6.07, 6.45) is 4.35. The number of para-hydroxylation sites is 1. The van der Waals surface area contributed by atoms with E-state index in [1.54, 1.807) is 36.4 Å². The first-order valence-corrected chi connectivity index (χ1v) is 9.66. The molecule has 1 aliphatic heterocycles. The fourth-order valence-electron chi connectivity index (χ4n) is 3.21. The van der Waals surface area contributed by atoms with E-state index in [1.807, 2.05) is 4.90 Å². The Hall–Kier alpha value is -2.89. The minimum absolute atomic E-state index is 0.0524. The molecule has 0 atom stereocenters. The van der Waals surface area contributed by atoms with Gasteiger partial charge in [0.15, 0.2) is 6.61 Å². The number of amides is 2. The lowest BCUT2D eigenvalue weighted by molar-refractivity contribution is -0.133. The number of nitrogens with zero attached hydrogens (tertiary/aromatic N) is 1. The second-order valence-electron chi connectivity index (χ2n) is 6.89. The number of ether oxygens (including phenoxy) is 1. The van der Waals surface area contributed by atoms with Crippen LogP contribution in [0.4, 0.5) is 4.39 Å². The Morgan fingerprint density at radius 2 is 1.64 bits per heavy atom. The van der Waals surface area contributed by atoms with E-state index >= 15 is 0 Å². The van der Waals surface area contributed by atoms with Gasteiger partial charge in [-0.3, -0.25) is 9.59 Å². The molecule has 5 nitrogen and oxygen atoms in total. The maximum Gasteiger partial charge on any atom is 0.260 e. The Bertz CT molecular complexity index is 800. The Morgan fingerprint density at radius 1 is 0.964 bits per heavy atom. The Kier molecular flexibility index (Phi) is 7.00. The highest BCUT2D eigenvalue weighted by molar-refractivity contribution is 5.97. The quantitative estimate of drug-likeness (QED) is 0.829. The lowest BCUT2D eigenvalue weighted by Gasteiger charge is -2.20. The highest BCUT2D eigenvalue weighted by Crippen LogP contribution is 2.19. The number of benzene rings is 2. The third-order valence-electron chi connectivity index (χ3n) is 4.81. The fraction of sp³-hybridized carbons (Fsp3) is 0.364. The molecule has 2 aromatic carbocycles. The first-order chi connectivity index (χ1) is 13.6. The number of hydrogen-bond donors (Lipinski definition) is 1. The van der Waals surface area contributed by atoms with Crippen LogP contribution < -0.4 is 10.1 Å². The van der Waals surface area contributed by atoms with Gasteiger partial charge in [0.1, 0.15) is 11.6 Å². The minimum atomic E-state index is -0.317. The largest absolute Gasteiger partial charge is 0.483 e. The lowest BCUT2D eigenvalue weighted by atomic mass is 10.1. The van der Waals surface area contributed by atoms with Crippen molar-refractivity contribution in [3.05, 3.63) is 65.5 Å². The summed E-state index contributed by atoms with van der Waals surface area (Å²) in [5.74, 6) is -0.296. The van der Waals surface area contributed by atoms with E-state index in [9.17, 15) is 14.0 Å². The van der Waals surface area contributed by atoms with Crippen molar-refractivity contribution in [3.8, 4) is 5.75 Å². The number of halogens is 1. The lowest BCUT2D eigenvalue weighted by Crippen LogP contribution is -2.35. The monoisotopic (exact) mass is 384 g/mol. The molecule has 0 radical (unpaired) electrons. The Labute approximate surface area is 164 Å². The third kappa shape index (κ3) is 5.55. The molecule has 2 aromatic rings. The topological polar surface area (TPSA) is 58.6 Å². The molecule has 148 valence electrons. The van der Waals surface area contributed by atoms with Crippen molar-refractivity contribution >= 4 is 11.8 Å². The molecule has 1 aliphatic rings. The first kappa shape index (κ1) is 19.9. The van der Waals surface area contributed by atoms with Gasteiger partial charge in [-0.2, -0.15) is 0 Å². The zero-order valence-corrected chi connectivity index (χ0v) is 15.8. The van der Waals surface area contributed by atoms with E-state index in [2.05, 4.69) is 5.32 Å². The average molecular weight is 384 g/mol. The molecule has 0 saturated carbocycles. The molecular formula is C22H25FN2O3. The summed E-state index contributed by atoms with van der Waals surface area (Å²) >= 11 is 0. The first-order valence-electron chi connectivity index (χ1n) is 9.66. The highest BCUT2D eigenvalue weighted by atomic mass is 19.1. The summed E-state index contributed by atoms with van der Waals surface area (Å²) in [7, 11) is 0. The van der Waals surface area contributed by atoms with Crippen molar-refractivity contribution in [2.24, 2.45) is 0 Å². The number of hydrogen-bond acceptors (Lipinski definition) is 3. The van der Waals surface area contributed by atoms with Gasteiger partial charge in [-0.05, 0) is 42.7 Å². The van der Waals surface area contributed by atoms with Crippen LogP contribution in [0, 0.1) is 5.82 Å². The molecule has 1 fully saturated rings. The molecule has 1 saturated heterocycles. The van der Waals surface area contributed by atoms with Crippen LogP contribution in [0.5, 0.6) is 5.75 Å². The van der Waals surface area contributed by atoms with Gasteiger partial charge in [0, 0.05) is 19.6 Å². The van der Waals surface area contributed by atoms with Gasteiger partial charge < -0.3 is 15.0 Å². The molecule has 0 unspecified atom stereocenters. The SMILES string of the molecule is O=C(NCc1ccc(F)cc1)c1ccccc1OCC(=O)N1CCCCCC1. The van der Waals surface area contributed by atoms with Crippen LogP contribution in [0.15, 0.2) is 48.5 Å². The van der Waals surface area contributed by atoms with Crippen molar-refractivity contribution in [2.45, 2.75) is 32.2 Å². The third-order valence-corrected chi connectivity index (χ3v) is 4.81. The maximum absolute atomic E-state index is 13.0. The summed E-state index contributed by atoms with van der Waals surface area (Å²) in [6.45, 7) is 1.73. The maximum atomic E-state index is 13.0. The van der Waals surface area contributed by atoms with E-state index in [0.717, 1.165) is 44.3 Å².